The number of hydrogen-bond donors (Lipinski definition) is 1. The number of carbonyl (C=O) groups is 1. The second-order valence-electron chi connectivity index (χ2n) is 4.79. The summed E-state index contributed by atoms with van der Waals surface area (Å²) in [4.78, 5) is 12.5. The molecule has 18 heavy (non-hydrogen) atoms. The number of carboxylic acid groups (broad SMARTS) is 1. The number of carboxylic acids is 1. The molecule has 1 N–H and O–H groups in total. The molecule has 2 rings (SSSR count). The van der Waals surface area contributed by atoms with E-state index >= 15 is 0 Å². The molecule has 1 heterocycles. The molecule has 5 heteroatoms. The number of rotatable bonds is 4. The Morgan fingerprint density at radius 1 is 1.28 bits per heavy atom. The van der Waals surface area contributed by atoms with Crippen LogP contribution in [-0.4, -0.2) is 26.1 Å². The van der Waals surface area contributed by atoms with Gasteiger partial charge < -0.3 is 5.11 Å². The van der Waals surface area contributed by atoms with Crippen LogP contribution in [0.15, 0.2) is 36.7 Å². The maximum absolute atomic E-state index is 10.9. The predicted molar refractivity (Wildman–Crippen MR) is 66.6 cm³/mol. The van der Waals surface area contributed by atoms with Gasteiger partial charge in [-0.15, -0.1) is 0 Å². The third-order valence-corrected chi connectivity index (χ3v) is 2.86. The molecule has 0 aliphatic carbocycles. The van der Waals surface area contributed by atoms with Gasteiger partial charge in [0.05, 0.1) is 24.5 Å². The van der Waals surface area contributed by atoms with E-state index in [1.807, 2.05) is 38.1 Å². The van der Waals surface area contributed by atoms with Gasteiger partial charge in [0, 0.05) is 5.41 Å². The highest BCUT2D eigenvalue weighted by Gasteiger charge is 2.27. The van der Waals surface area contributed by atoms with Crippen molar-refractivity contribution in [3.63, 3.8) is 0 Å². The van der Waals surface area contributed by atoms with Crippen molar-refractivity contribution in [2.24, 2.45) is 0 Å². The van der Waals surface area contributed by atoms with E-state index in [2.05, 4.69) is 10.2 Å². The highest BCUT2D eigenvalue weighted by Crippen LogP contribution is 2.31. The van der Waals surface area contributed by atoms with Gasteiger partial charge >= 0.3 is 5.97 Å². The lowest BCUT2D eigenvalue weighted by Gasteiger charge is -2.25. The molecule has 0 saturated carbocycles. The Kier molecular flexibility index (Phi) is 3.14. The second kappa shape index (κ2) is 4.60. The summed E-state index contributed by atoms with van der Waals surface area (Å²) in [5, 5.41) is 17.2. The lowest BCUT2D eigenvalue weighted by Crippen LogP contribution is -2.24. The molecule has 0 spiro atoms. The fraction of sp³-hybridized carbons (Fsp3) is 0.308. The minimum absolute atomic E-state index is 0.0608. The molecule has 2 aromatic rings. The van der Waals surface area contributed by atoms with Crippen molar-refractivity contribution in [2.45, 2.75) is 25.7 Å². The molecule has 1 aromatic heterocycles. The Bertz CT molecular complexity index is 547. The number of aromatic nitrogens is 3. The van der Waals surface area contributed by atoms with Crippen molar-refractivity contribution in [3.8, 4) is 5.69 Å². The van der Waals surface area contributed by atoms with Crippen molar-refractivity contribution in [3.05, 3.63) is 42.2 Å². The molecular weight excluding hydrogens is 230 g/mol. The SMILES string of the molecule is CC(C)(CC(=O)O)c1ccccc1-n1nccn1. The fourth-order valence-corrected chi connectivity index (χ4v) is 2.03. The lowest BCUT2D eigenvalue weighted by atomic mass is 9.80. The Hall–Kier alpha value is -2.17. The van der Waals surface area contributed by atoms with Gasteiger partial charge in [0.2, 0.25) is 0 Å². The van der Waals surface area contributed by atoms with Gasteiger partial charge in [-0.3, -0.25) is 4.79 Å². The van der Waals surface area contributed by atoms with Gasteiger partial charge in [-0.1, -0.05) is 32.0 Å². The Labute approximate surface area is 105 Å². The monoisotopic (exact) mass is 245 g/mol. The smallest absolute Gasteiger partial charge is 0.304 e. The van der Waals surface area contributed by atoms with Crippen LogP contribution in [0.1, 0.15) is 25.8 Å². The molecule has 0 bridgehead atoms. The number of para-hydroxylation sites is 1. The van der Waals surface area contributed by atoms with E-state index in [0.717, 1.165) is 11.3 Å². The molecule has 0 atom stereocenters. The molecule has 0 aliphatic heterocycles. The molecule has 0 fully saturated rings. The van der Waals surface area contributed by atoms with Gasteiger partial charge in [0.15, 0.2) is 0 Å². The van der Waals surface area contributed by atoms with Crippen molar-refractivity contribution in [1.82, 2.24) is 15.0 Å². The summed E-state index contributed by atoms with van der Waals surface area (Å²) in [6.07, 6.45) is 3.26. The maximum Gasteiger partial charge on any atom is 0.304 e. The van der Waals surface area contributed by atoms with Crippen molar-refractivity contribution < 1.29 is 9.90 Å². The van der Waals surface area contributed by atoms with E-state index in [4.69, 9.17) is 5.11 Å². The van der Waals surface area contributed by atoms with Crippen LogP contribution < -0.4 is 0 Å². The summed E-state index contributed by atoms with van der Waals surface area (Å²) >= 11 is 0. The third-order valence-electron chi connectivity index (χ3n) is 2.86. The normalized spacial score (nSPS) is 11.4. The molecular formula is C13H15N3O2. The van der Waals surface area contributed by atoms with Crippen LogP contribution in [0.25, 0.3) is 5.69 Å². The minimum atomic E-state index is -0.816. The van der Waals surface area contributed by atoms with Crippen LogP contribution >= 0.6 is 0 Å². The molecule has 0 saturated heterocycles. The zero-order chi connectivity index (χ0) is 13.2. The summed E-state index contributed by atoms with van der Waals surface area (Å²) in [7, 11) is 0. The van der Waals surface area contributed by atoms with Crippen LogP contribution in [0.4, 0.5) is 0 Å². The molecule has 0 unspecified atom stereocenters. The largest absolute Gasteiger partial charge is 0.481 e. The Morgan fingerprint density at radius 2 is 1.89 bits per heavy atom. The molecule has 0 aliphatic rings. The van der Waals surface area contributed by atoms with E-state index in [1.54, 1.807) is 12.4 Å². The topological polar surface area (TPSA) is 68.0 Å². The average Bonchev–Trinajstić information content (AvgIpc) is 2.80. The minimum Gasteiger partial charge on any atom is -0.481 e. The summed E-state index contributed by atoms with van der Waals surface area (Å²) in [5.74, 6) is -0.816. The van der Waals surface area contributed by atoms with Crippen LogP contribution in [0.3, 0.4) is 0 Å². The van der Waals surface area contributed by atoms with Gasteiger partial charge in [-0.25, -0.2) is 0 Å². The maximum atomic E-state index is 10.9. The second-order valence-corrected chi connectivity index (χ2v) is 4.79. The lowest BCUT2D eigenvalue weighted by molar-refractivity contribution is -0.138. The number of benzene rings is 1. The first-order valence-electron chi connectivity index (χ1n) is 5.69. The van der Waals surface area contributed by atoms with Crippen LogP contribution in [0, 0.1) is 0 Å². The molecule has 5 nitrogen and oxygen atoms in total. The van der Waals surface area contributed by atoms with Crippen molar-refractivity contribution in [2.75, 3.05) is 0 Å². The number of aliphatic carboxylic acids is 1. The first-order valence-corrected chi connectivity index (χ1v) is 5.69. The standard InChI is InChI=1S/C13H15N3O2/c1-13(2,9-12(17)18)10-5-3-4-6-11(10)16-14-7-8-15-16/h3-8H,9H2,1-2H3,(H,17,18). The average molecular weight is 245 g/mol. The summed E-state index contributed by atoms with van der Waals surface area (Å²) in [6, 6.07) is 7.59. The number of hydrogen-bond acceptors (Lipinski definition) is 3. The summed E-state index contributed by atoms with van der Waals surface area (Å²) < 4.78 is 0. The Morgan fingerprint density at radius 3 is 2.50 bits per heavy atom. The van der Waals surface area contributed by atoms with Gasteiger partial charge in [-0.05, 0) is 11.6 Å². The van der Waals surface area contributed by atoms with E-state index in [0.29, 0.717) is 0 Å². The fourth-order valence-electron chi connectivity index (χ4n) is 2.03. The first-order chi connectivity index (χ1) is 8.50. The van der Waals surface area contributed by atoms with Crippen LogP contribution in [0.2, 0.25) is 0 Å². The van der Waals surface area contributed by atoms with Gasteiger partial charge in [-0.2, -0.15) is 15.0 Å². The first kappa shape index (κ1) is 12.3. The zero-order valence-corrected chi connectivity index (χ0v) is 10.4. The third kappa shape index (κ3) is 2.40. The zero-order valence-electron chi connectivity index (χ0n) is 10.4. The summed E-state index contributed by atoms with van der Waals surface area (Å²) in [6.45, 7) is 3.81. The highest BCUT2D eigenvalue weighted by molar-refractivity contribution is 5.69. The quantitative estimate of drug-likeness (QED) is 0.894. The van der Waals surface area contributed by atoms with E-state index in [9.17, 15) is 4.79 Å². The van der Waals surface area contributed by atoms with Crippen LogP contribution in [0.5, 0.6) is 0 Å². The van der Waals surface area contributed by atoms with Crippen molar-refractivity contribution >= 4 is 5.97 Å². The van der Waals surface area contributed by atoms with E-state index < -0.39 is 11.4 Å². The van der Waals surface area contributed by atoms with E-state index in [1.165, 1.54) is 4.80 Å². The molecule has 0 amide bonds. The Balaban J connectivity index is 2.48. The number of nitrogens with zero attached hydrogens (tertiary/aromatic N) is 3. The summed E-state index contributed by atoms with van der Waals surface area (Å²) in [5.41, 5.74) is 1.26. The highest BCUT2D eigenvalue weighted by atomic mass is 16.4. The van der Waals surface area contributed by atoms with Gasteiger partial charge in [0.25, 0.3) is 0 Å². The van der Waals surface area contributed by atoms with Crippen LogP contribution in [-0.2, 0) is 10.2 Å². The molecule has 94 valence electrons. The predicted octanol–water partition coefficient (Wildman–Crippen LogP) is 2.02. The van der Waals surface area contributed by atoms with E-state index in [-0.39, 0.29) is 6.42 Å². The van der Waals surface area contributed by atoms with Gasteiger partial charge in [0.1, 0.15) is 0 Å². The molecule has 1 aromatic carbocycles. The van der Waals surface area contributed by atoms with Crippen molar-refractivity contribution in [1.29, 1.82) is 0 Å². The molecule has 0 radical (unpaired) electrons.